The topological polar surface area (TPSA) is 34.1 Å². The van der Waals surface area contributed by atoms with Gasteiger partial charge in [0.1, 0.15) is 6.73 Å². The fourth-order valence-electron chi connectivity index (χ4n) is 1.69. The monoisotopic (exact) mass is 234 g/mol. The molecule has 1 aromatic carbocycles. The average Bonchev–Trinajstić information content (AvgIpc) is 2.41. The van der Waals surface area contributed by atoms with E-state index in [0.29, 0.717) is 13.5 Å². The van der Waals surface area contributed by atoms with Crippen molar-refractivity contribution in [2.45, 2.75) is 13.3 Å². The van der Waals surface area contributed by atoms with Crippen LogP contribution < -0.4 is 0 Å². The first kappa shape index (κ1) is 12.1. The van der Waals surface area contributed by atoms with Crippen molar-refractivity contribution in [3.05, 3.63) is 35.9 Å². The number of rotatable bonds is 4. The molecule has 0 unspecified atom stereocenters. The quantitative estimate of drug-likeness (QED) is 0.590. The van der Waals surface area contributed by atoms with E-state index in [-0.39, 0.29) is 0 Å². The molecule has 0 aliphatic carbocycles. The van der Waals surface area contributed by atoms with Crippen LogP contribution in [0.15, 0.2) is 35.5 Å². The van der Waals surface area contributed by atoms with E-state index in [1.807, 2.05) is 37.3 Å². The maximum absolute atomic E-state index is 5.32. The molecule has 0 aromatic heterocycles. The third-order valence-corrected chi connectivity index (χ3v) is 2.67. The normalized spacial score (nSPS) is 18.1. The molecule has 92 valence electrons. The van der Waals surface area contributed by atoms with E-state index < -0.39 is 0 Å². The van der Waals surface area contributed by atoms with Gasteiger partial charge in [-0.2, -0.15) is 0 Å². The van der Waals surface area contributed by atoms with Crippen molar-refractivity contribution in [1.82, 2.24) is 4.90 Å². The van der Waals surface area contributed by atoms with Crippen molar-refractivity contribution in [2.24, 2.45) is 5.16 Å². The van der Waals surface area contributed by atoms with Gasteiger partial charge in [-0.3, -0.25) is 0 Å². The van der Waals surface area contributed by atoms with Crippen LogP contribution in [0.4, 0.5) is 0 Å². The zero-order valence-electron chi connectivity index (χ0n) is 10.1. The first-order valence-electron chi connectivity index (χ1n) is 5.88. The Balaban J connectivity index is 1.80. The molecule has 0 radical (unpaired) electrons. The van der Waals surface area contributed by atoms with E-state index in [1.54, 1.807) is 0 Å². The summed E-state index contributed by atoms with van der Waals surface area (Å²) in [7, 11) is 0. The van der Waals surface area contributed by atoms with Crippen LogP contribution >= 0.6 is 0 Å². The van der Waals surface area contributed by atoms with E-state index in [0.717, 1.165) is 30.8 Å². The first-order valence-corrected chi connectivity index (χ1v) is 5.88. The molecule has 0 bridgehead atoms. The van der Waals surface area contributed by atoms with Crippen LogP contribution in [0, 0.1) is 0 Å². The van der Waals surface area contributed by atoms with Crippen molar-refractivity contribution in [3.63, 3.8) is 0 Å². The lowest BCUT2D eigenvalue weighted by atomic mass is 10.1. The lowest BCUT2D eigenvalue weighted by Gasteiger charge is -2.24. The Morgan fingerprint density at radius 1 is 1.41 bits per heavy atom. The van der Waals surface area contributed by atoms with Crippen molar-refractivity contribution in [3.8, 4) is 0 Å². The molecule has 4 heteroatoms. The van der Waals surface area contributed by atoms with Gasteiger partial charge in [-0.1, -0.05) is 35.5 Å². The van der Waals surface area contributed by atoms with Gasteiger partial charge in [0.05, 0.1) is 5.71 Å². The maximum Gasteiger partial charge on any atom is 0.172 e. The SMILES string of the molecule is CC(=NOCN1CCCOC1)c1ccccc1. The summed E-state index contributed by atoms with van der Waals surface area (Å²) in [5.41, 5.74) is 1.98. The Labute approximate surface area is 102 Å². The smallest absolute Gasteiger partial charge is 0.172 e. The van der Waals surface area contributed by atoms with Gasteiger partial charge in [0.2, 0.25) is 0 Å². The van der Waals surface area contributed by atoms with Crippen LogP contribution in [0.25, 0.3) is 0 Å². The van der Waals surface area contributed by atoms with Gasteiger partial charge in [0.25, 0.3) is 0 Å². The Hall–Kier alpha value is -1.39. The summed E-state index contributed by atoms with van der Waals surface area (Å²) in [4.78, 5) is 7.41. The zero-order chi connectivity index (χ0) is 11.9. The van der Waals surface area contributed by atoms with Gasteiger partial charge in [0, 0.05) is 13.2 Å². The number of hydrogen-bond donors (Lipinski definition) is 0. The molecule has 4 nitrogen and oxygen atoms in total. The molecule has 0 atom stereocenters. The van der Waals surface area contributed by atoms with Crippen molar-refractivity contribution in [1.29, 1.82) is 0 Å². The molecule has 1 aromatic rings. The van der Waals surface area contributed by atoms with Crippen molar-refractivity contribution < 1.29 is 9.57 Å². The fourth-order valence-corrected chi connectivity index (χ4v) is 1.69. The number of nitrogens with zero attached hydrogens (tertiary/aromatic N) is 2. The second-order valence-corrected chi connectivity index (χ2v) is 4.09. The average molecular weight is 234 g/mol. The van der Waals surface area contributed by atoms with E-state index in [1.165, 1.54) is 0 Å². The van der Waals surface area contributed by atoms with Crippen molar-refractivity contribution in [2.75, 3.05) is 26.6 Å². The molecule has 1 aliphatic heterocycles. The third-order valence-electron chi connectivity index (χ3n) is 2.67. The number of ether oxygens (including phenoxy) is 1. The zero-order valence-corrected chi connectivity index (χ0v) is 10.1. The molecule has 1 heterocycles. The van der Waals surface area contributed by atoms with Gasteiger partial charge >= 0.3 is 0 Å². The molecule has 2 rings (SSSR count). The largest absolute Gasteiger partial charge is 0.379 e. The molecule has 0 saturated carbocycles. The minimum Gasteiger partial charge on any atom is -0.379 e. The Morgan fingerprint density at radius 2 is 2.24 bits per heavy atom. The fraction of sp³-hybridized carbons (Fsp3) is 0.462. The van der Waals surface area contributed by atoms with Crippen molar-refractivity contribution >= 4 is 5.71 Å². The van der Waals surface area contributed by atoms with E-state index >= 15 is 0 Å². The van der Waals surface area contributed by atoms with Gasteiger partial charge in [0.15, 0.2) is 6.73 Å². The lowest BCUT2D eigenvalue weighted by molar-refractivity contribution is -0.0728. The molecule has 1 saturated heterocycles. The minimum absolute atomic E-state index is 0.490. The highest BCUT2D eigenvalue weighted by Crippen LogP contribution is 2.03. The number of oxime groups is 1. The summed E-state index contributed by atoms with van der Waals surface area (Å²) < 4.78 is 5.32. The molecule has 17 heavy (non-hydrogen) atoms. The van der Waals surface area contributed by atoms with Gasteiger partial charge in [-0.25, -0.2) is 4.90 Å². The molecule has 0 N–H and O–H groups in total. The van der Waals surface area contributed by atoms with Crippen LogP contribution in [0.5, 0.6) is 0 Å². The molecular weight excluding hydrogens is 216 g/mol. The highest BCUT2D eigenvalue weighted by atomic mass is 16.6. The van der Waals surface area contributed by atoms with Crippen LogP contribution in [0.1, 0.15) is 18.9 Å². The standard InChI is InChI=1S/C13H18N2O2/c1-12(13-6-3-2-4-7-13)14-17-11-15-8-5-9-16-10-15/h2-4,6-7H,5,8-11H2,1H3. The second-order valence-electron chi connectivity index (χ2n) is 4.09. The number of benzene rings is 1. The second kappa shape index (κ2) is 6.37. The molecule has 0 spiro atoms. The Kier molecular flexibility index (Phi) is 4.53. The lowest BCUT2D eigenvalue weighted by Crippen LogP contribution is -2.34. The van der Waals surface area contributed by atoms with Gasteiger partial charge in [-0.05, 0) is 18.9 Å². The predicted molar refractivity (Wildman–Crippen MR) is 66.7 cm³/mol. The third kappa shape index (κ3) is 3.84. The Morgan fingerprint density at radius 3 is 2.94 bits per heavy atom. The molecule has 1 fully saturated rings. The van der Waals surface area contributed by atoms with E-state index in [4.69, 9.17) is 9.57 Å². The summed E-state index contributed by atoms with van der Waals surface area (Å²) in [5.74, 6) is 0. The van der Waals surface area contributed by atoms with E-state index in [2.05, 4.69) is 10.1 Å². The molecular formula is C13H18N2O2. The number of hydrogen-bond acceptors (Lipinski definition) is 4. The maximum atomic E-state index is 5.32. The Bertz CT molecular complexity index is 359. The van der Waals surface area contributed by atoms with Gasteiger partial charge < -0.3 is 9.57 Å². The van der Waals surface area contributed by atoms with Crippen LogP contribution in [0.3, 0.4) is 0 Å². The minimum atomic E-state index is 0.490. The van der Waals surface area contributed by atoms with Crippen LogP contribution in [-0.2, 0) is 9.57 Å². The summed E-state index contributed by atoms with van der Waals surface area (Å²) in [5, 5.41) is 4.11. The first-order chi connectivity index (χ1) is 8.36. The predicted octanol–water partition coefficient (Wildman–Crippen LogP) is 2.06. The highest BCUT2D eigenvalue weighted by molar-refractivity contribution is 5.98. The van der Waals surface area contributed by atoms with Crippen LogP contribution in [-0.4, -0.2) is 37.2 Å². The summed E-state index contributed by atoms with van der Waals surface area (Å²) in [6.45, 7) is 4.94. The summed E-state index contributed by atoms with van der Waals surface area (Å²) >= 11 is 0. The molecule has 1 aliphatic rings. The molecule has 0 amide bonds. The summed E-state index contributed by atoms with van der Waals surface area (Å²) in [6.07, 6.45) is 1.06. The van der Waals surface area contributed by atoms with E-state index in [9.17, 15) is 0 Å². The van der Waals surface area contributed by atoms with Gasteiger partial charge in [-0.15, -0.1) is 0 Å². The summed E-state index contributed by atoms with van der Waals surface area (Å²) in [6, 6.07) is 10.0. The van der Waals surface area contributed by atoms with Crippen LogP contribution in [0.2, 0.25) is 0 Å². The highest BCUT2D eigenvalue weighted by Gasteiger charge is 2.09.